The molecule has 12 heteroatoms. The summed E-state index contributed by atoms with van der Waals surface area (Å²) in [6.45, 7) is 4.01. The van der Waals surface area contributed by atoms with E-state index in [0.717, 1.165) is 23.0 Å². The molecule has 6 nitrogen and oxygen atoms in total. The zero-order valence-corrected chi connectivity index (χ0v) is 20.7. The van der Waals surface area contributed by atoms with Gasteiger partial charge >= 0.3 is 0 Å². The average molecular weight is 495 g/mol. The maximum absolute atomic E-state index is 11.4. The van der Waals surface area contributed by atoms with Gasteiger partial charge in [-0.2, -0.15) is 0 Å². The highest BCUT2D eigenvalue weighted by atomic mass is 33.1. The Kier molecular flexibility index (Phi) is 18.4. The van der Waals surface area contributed by atoms with E-state index in [9.17, 15) is 8.42 Å². The summed E-state index contributed by atoms with van der Waals surface area (Å²) in [5.41, 5.74) is 0. The highest BCUT2D eigenvalue weighted by molar-refractivity contribution is 8.78. The molecule has 0 spiro atoms. The second-order valence-corrected chi connectivity index (χ2v) is 13.5. The van der Waals surface area contributed by atoms with Gasteiger partial charge in [-0.15, -0.1) is 0 Å². The second-order valence-electron chi connectivity index (χ2n) is 5.95. The molecule has 0 saturated carbocycles. The van der Waals surface area contributed by atoms with Crippen molar-refractivity contribution in [2.24, 2.45) is 23.7 Å². The Hall–Kier alpha value is 0.960. The lowest BCUT2D eigenvalue weighted by Crippen LogP contribution is -2.21. The summed E-state index contributed by atoms with van der Waals surface area (Å²) in [6, 6.07) is 0. The summed E-state index contributed by atoms with van der Waals surface area (Å²) in [7, 11) is 8.47. The Balaban J connectivity index is 3.81. The minimum absolute atomic E-state index is 0.0969. The van der Waals surface area contributed by atoms with Crippen molar-refractivity contribution in [3.8, 4) is 0 Å². The Labute approximate surface area is 184 Å². The minimum Gasteiger partial charge on any atom is -0.313 e. The standard InChI is InChI=1S/C15H30N2O4S6/c1-12(15(7-17)11-26(18)19)8-24-22-4-5-23-25-9-14(6-16)13(2)10-27(20)21-3/h6-7,12-17H,4-5,8-11H2,1-3H3,(H,18,19)/t12-,13-,14-,15-,27?/m1/s1. The molecule has 0 aromatic carbocycles. The molecule has 0 amide bonds. The molecule has 0 rings (SSSR count). The Morgan fingerprint density at radius 2 is 1.48 bits per heavy atom. The van der Waals surface area contributed by atoms with Gasteiger partial charge in [0.05, 0.1) is 18.6 Å². The summed E-state index contributed by atoms with van der Waals surface area (Å²) < 4.78 is 36.1. The molecule has 0 fully saturated rings. The van der Waals surface area contributed by atoms with Crippen molar-refractivity contribution in [1.29, 1.82) is 10.8 Å². The van der Waals surface area contributed by atoms with Crippen LogP contribution in [0.3, 0.4) is 0 Å². The molecule has 27 heavy (non-hydrogen) atoms. The van der Waals surface area contributed by atoms with Crippen LogP contribution in [-0.4, -0.2) is 67.0 Å². The summed E-state index contributed by atoms with van der Waals surface area (Å²) >= 11 is -3.13. The SMILES string of the molecule is COS(=O)C[C@@H](C)[C@H](C=N)CSSCCSSC[C@@H](C)[C@H](C=N)CS(=O)O. The van der Waals surface area contributed by atoms with E-state index < -0.39 is 22.2 Å². The van der Waals surface area contributed by atoms with Crippen molar-refractivity contribution in [1.82, 2.24) is 0 Å². The summed E-state index contributed by atoms with van der Waals surface area (Å²) in [5, 5.41) is 14.9. The van der Waals surface area contributed by atoms with Gasteiger partial charge in [-0.05, 0) is 24.3 Å². The molecule has 0 aliphatic rings. The zero-order chi connectivity index (χ0) is 20.7. The molecule has 0 aliphatic heterocycles. The molecule has 0 aromatic heterocycles. The van der Waals surface area contributed by atoms with Gasteiger partial charge in [-0.3, -0.25) is 4.18 Å². The van der Waals surface area contributed by atoms with E-state index in [0.29, 0.717) is 5.75 Å². The first-order valence-corrected chi connectivity index (χ1v) is 15.9. The summed E-state index contributed by atoms with van der Waals surface area (Å²) in [5.74, 6) is 4.54. The number of hydrogen-bond donors (Lipinski definition) is 3. The fraction of sp³-hybridized carbons (Fsp3) is 0.867. The molecule has 0 bridgehead atoms. The van der Waals surface area contributed by atoms with Crippen LogP contribution in [-0.2, 0) is 26.3 Å². The van der Waals surface area contributed by atoms with E-state index in [2.05, 4.69) is 0 Å². The third-order valence-corrected chi connectivity index (χ3v) is 11.0. The maximum atomic E-state index is 11.4. The lowest BCUT2D eigenvalue weighted by molar-refractivity contribution is 0.432. The number of rotatable bonds is 18. The maximum Gasteiger partial charge on any atom is 0.155 e. The van der Waals surface area contributed by atoms with Gasteiger partial charge in [-0.1, -0.05) is 57.0 Å². The molecule has 6 atom stereocenters. The van der Waals surface area contributed by atoms with Gasteiger partial charge in [-0.25, -0.2) is 8.42 Å². The fourth-order valence-corrected chi connectivity index (χ4v) is 9.12. The smallest absolute Gasteiger partial charge is 0.155 e. The largest absolute Gasteiger partial charge is 0.313 e. The molecule has 2 unspecified atom stereocenters. The fourth-order valence-electron chi connectivity index (χ4n) is 1.92. The van der Waals surface area contributed by atoms with Gasteiger partial charge in [0, 0.05) is 34.8 Å². The predicted octanol–water partition coefficient (Wildman–Crippen LogP) is 4.08. The van der Waals surface area contributed by atoms with Gasteiger partial charge in [0.2, 0.25) is 0 Å². The van der Waals surface area contributed by atoms with Crippen LogP contribution in [0.2, 0.25) is 0 Å². The van der Waals surface area contributed by atoms with E-state index in [-0.39, 0.29) is 29.4 Å². The third-order valence-electron chi connectivity index (χ3n) is 3.82. The monoisotopic (exact) mass is 494 g/mol. The van der Waals surface area contributed by atoms with Crippen LogP contribution in [0.5, 0.6) is 0 Å². The Morgan fingerprint density at radius 3 is 1.96 bits per heavy atom. The van der Waals surface area contributed by atoms with Crippen LogP contribution in [0.25, 0.3) is 0 Å². The van der Waals surface area contributed by atoms with E-state index in [1.807, 2.05) is 13.8 Å². The number of hydrogen-bond acceptors (Lipinski definition) is 9. The summed E-state index contributed by atoms with van der Waals surface area (Å²) in [6.07, 6.45) is 2.72. The zero-order valence-electron chi connectivity index (χ0n) is 15.8. The van der Waals surface area contributed by atoms with Gasteiger partial charge in [0.25, 0.3) is 0 Å². The first-order chi connectivity index (χ1) is 12.8. The van der Waals surface area contributed by atoms with E-state index in [1.54, 1.807) is 43.2 Å². The molecule has 0 heterocycles. The van der Waals surface area contributed by atoms with Crippen molar-refractivity contribution in [2.75, 3.05) is 41.6 Å². The Bertz CT molecular complexity index is 472. The molecule has 160 valence electrons. The van der Waals surface area contributed by atoms with Gasteiger partial charge < -0.3 is 15.4 Å². The molecule has 0 aliphatic carbocycles. The highest BCUT2D eigenvalue weighted by Crippen LogP contribution is 2.31. The van der Waals surface area contributed by atoms with E-state index >= 15 is 0 Å². The van der Waals surface area contributed by atoms with Crippen LogP contribution >= 0.6 is 43.2 Å². The molecule has 0 aromatic rings. The van der Waals surface area contributed by atoms with Crippen LogP contribution in [0.4, 0.5) is 0 Å². The normalized spacial score (nSPS) is 18.2. The van der Waals surface area contributed by atoms with Crippen molar-refractivity contribution < 1.29 is 17.2 Å². The lowest BCUT2D eigenvalue weighted by Gasteiger charge is -2.18. The predicted molar refractivity (Wildman–Crippen MR) is 128 cm³/mol. The molecule has 0 saturated heterocycles. The molecule has 0 radical (unpaired) electrons. The van der Waals surface area contributed by atoms with E-state index in [1.165, 1.54) is 19.5 Å². The average Bonchev–Trinajstić information content (AvgIpc) is 2.64. The Morgan fingerprint density at radius 1 is 0.926 bits per heavy atom. The van der Waals surface area contributed by atoms with Crippen molar-refractivity contribution >= 4 is 77.8 Å². The van der Waals surface area contributed by atoms with Crippen LogP contribution < -0.4 is 0 Å². The lowest BCUT2D eigenvalue weighted by atomic mass is 9.99. The molecular weight excluding hydrogens is 465 g/mol. The molecule has 3 N–H and O–H groups in total. The minimum atomic E-state index is -1.85. The first kappa shape index (κ1) is 28.0. The van der Waals surface area contributed by atoms with Crippen molar-refractivity contribution in [3.63, 3.8) is 0 Å². The van der Waals surface area contributed by atoms with Gasteiger partial charge in [0.15, 0.2) is 22.2 Å². The quantitative estimate of drug-likeness (QED) is 0.113. The van der Waals surface area contributed by atoms with Crippen molar-refractivity contribution in [2.45, 2.75) is 13.8 Å². The second kappa shape index (κ2) is 17.8. The topological polar surface area (TPSA) is 111 Å². The van der Waals surface area contributed by atoms with Crippen molar-refractivity contribution in [3.05, 3.63) is 0 Å². The van der Waals surface area contributed by atoms with Crippen LogP contribution in [0.1, 0.15) is 13.8 Å². The summed E-state index contributed by atoms with van der Waals surface area (Å²) in [4.78, 5) is 0. The van der Waals surface area contributed by atoms with Crippen LogP contribution in [0.15, 0.2) is 0 Å². The van der Waals surface area contributed by atoms with E-state index in [4.69, 9.17) is 19.6 Å². The third kappa shape index (κ3) is 14.6. The van der Waals surface area contributed by atoms with Gasteiger partial charge in [0.1, 0.15) is 0 Å². The number of nitrogens with one attached hydrogen (secondary N) is 2. The van der Waals surface area contributed by atoms with Crippen LogP contribution in [0, 0.1) is 34.5 Å². The highest BCUT2D eigenvalue weighted by Gasteiger charge is 2.19. The molecular formula is C15H30N2O4S6. The first-order valence-electron chi connectivity index (χ1n) is 8.35.